The van der Waals surface area contributed by atoms with Crippen LogP contribution in [0.2, 0.25) is 0 Å². The fourth-order valence-electron chi connectivity index (χ4n) is 4.81. The standard InChI is InChI=1S/C18H29N5.2ClH/c1-3-18(5-7-19-8-6-18)4-2-16(1)22-11-13-23(14-12-22)17-15-20-9-10-21-17;;/h9-10,15-16,19H,1-8,11-14H2;2*1H. The molecule has 0 atom stereocenters. The van der Waals surface area contributed by atoms with Gasteiger partial charge >= 0.3 is 0 Å². The number of anilines is 1. The van der Waals surface area contributed by atoms with Crippen LogP contribution >= 0.6 is 24.8 Å². The van der Waals surface area contributed by atoms with Crippen LogP contribution < -0.4 is 10.2 Å². The summed E-state index contributed by atoms with van der Waals surface area (Å²) in [5.41, 5.74) is 0.684. The lowest BCUT2D eigenvalue weighted by Gasteiger charge is -2.47. The first-order valence-corrected chi connectivity index (χ1v) is 9.30. The predicted octanol–water partition coefficient (Wildman–Crippen LogP) is 2.75. The monoisotopic (exact) mass is 387 g/mol. The van der Waals surface area contributed by atoms with Gasteiger partial charge in [0.15, 0.2) is 0 Å². The van der Waals surface area contributed by atoms with Gasteiger partial charge in [0.1, 0.15) is 5.82 Å². The molecule has 1 aromatic heterocycles. The van der Waals surface area contributed by atoms with Crippen LogP contribution in [0.15, 0.2) is 18.6 Å². The van der Waals surface area contributed by atoms with Gasteiger partial charge in [-0.25, -0.2) is 4.98 Å². The van der Waals surface area contributed by atoms with Gasteiger partial charge in [-0.15, -0.1) is 24.8 Å². The molecule has 2 saturated heterocycles. The number of hydrogen-bond acceptors (Lipinski definition) is 5. The molecule has 1 aromatic rings. The Kier molecular flexibility index (Phi) is 7.74. The quantitative estimate of drug-likeness (QED) is 0.844. The average Bonchev–Trinajstić information content (AvgIpc) is 2.64. The summed E-state index contributed by atoms with van der Waals surface area (Å²) in [6.07, 6.45) is 13.9. The summed E-state index contributed by atoms with van der Waals surface area (Å²) in [5, 5.41) is 3.52. The Balaban J connectivity index is 0.00000113. The zero-order valence-electron chi connectivity index (χ0n) is 14.9. The van der Waals surface area contributed by atoms with E-state index in [0.717, 1.165) is 24.9 Å². The Bertz CT molecular complexity index is 491. The van der Waals surface area contributed by atoms with Crippen molar-refractivity contribution in [3.05, 3.63) is 18.6 Å². The number of nitrogens with one attached hydrogen (secondary N) is 1. The molecule has 25 heavy (non-hydrogen) atoms. The van der Waals surface area contributed by atoms with Crippen molar-refractivity contribution < 1.29 is 0 Å². The fourth-order valence-corrected chi connectivity index (χ4v) is 4.81. The van der Waals surface area contributed by atoms with E-state index in [-0.39, 0.29) is 24.8 Å². The van der Waals surface area contributed by atoms with Gasteiger partial charge in [0, 0.05) is 44.6 Å². The van der Waals surface area contributed by atoms with Crippen molar-refractivity contribution in [2.24, 2.45) is 5.41 Å². The molecule has 4 rings (SSSR count). The van der Waals surface area contributed by atoms with Crippen molar-refractivity contribution in [3.8, 4) is 0 Å². The number of piperazine rings is 1. The minimum atomic E-state index is 0. The maximum absolute atomic E-state index is 4.44. The van der Waals surface area contributed by atoms with Crippen molar-refractivity contribution >= 4 is 30.6 Å². The van der Waals surface area contributed by atoms with Crippen LogP contribution in [0.1, 0.15) is 38.5 Å². The molecule has 0 bridgehead atoms. The molecule has 142 valence electrons. The molecule has 3 fully saturated rings. The molecule has 1 aliphatic carbocycles. The van der Waals surface area contributed by atoms with Gasteiger partial charge in [-0.05, 0) is 57.0 Å². The van der Waals surface area contributed by atoms with Gasteiger partial charge in [0.25, 0.3) is 0 Å². The summed E-state index contributed by atoms with van der Waals surface area (Å²) >= 11 is 0. The lowest BCUT2D eigenvalue weighted by Crippen LogP contribution is -2.52. The van der Waals surface area contributed by atoms with Crippen LogP contribution in [-0.4, -0.2) is 60.2 Å². The summed E-state index contributed by atoms with van der Waals surface area (Å²) in [5.74, 6) is 1.03. The van der Waals surface area contributed by atoms with E-state index in [2.05, 4.69) is 25.1 Å². The molecule has 1 spiro atoms. The van der Waals surface area contributed by atoms with E-state index >= 15 is 0 Å². The lowest BCUT2D eigenvalue weighted by molar-refractivity contribution is 0.0626. The van der Waals surface area contributed by atoms with Crippen molar-refractivity contribution in [3.63, 3.8) is 0 Å². The van der Waals surface area contributed by atoms with Gasteiger partial charge in [-0.2, -0.15) is 0 Å². The van der Waals surface area contributed by atoms with Crippen LogP contribution in [-0.2, 0) is 0 Å². The number of nitrogens with zero attached hydrogens (tertiary/aromatic N) is 4. The normalized spacial score (nSPS) is 24.4. The molecule has 0 radical (unpaired) electrons. The first kappa shape index (κ1) is 20.7. The summed E-state index contributed by atoms with van der Waals surface area (Å²) in [7, 11) is 0. The highest BCUT2D eigenvalue weighted by Crippen LogP contribution is 2.44. The van der Waals surface area contributed by atoms with Crippen LogP contribution in [0.5, 0.6) is 0 Å². The molecule has 0 unspecified atom stereocenters. The van der Waals surface area contributed by atoms with Crippen LogP contribution in [0.3, 0.4) is 0 Å². The molecule has 0 amide bonds. The zero-order chi connectivity index (χ0) is 15.5. The highest BCUT2D eigenvalue weighted by molar-refractivity contribution is 5.85. The third-order valence-corrected chi connectivity index (χ3v) is 6.38. The van der Waals surface area contributed by atoms with E-state index in [0.29, 0.717) is 5.41 Å². The maximum atomic E-state index is 4.44. The molecule has 5 nitrogen and oxygen atoms in total. The molecular formula is C18H31Cl2N5. The summed E-state index contributed by atoms with van der Waals surface area (Å²) in [4.78, 5) is 13.7. The van der Waals surface area contributed by atoms with Gasteiger partial charge in [0.2, 0.25) is 0 Å². The zero-order valence-corrected chi connectivity index (χ0v) is 16.5. The number of rotatable bonds is 2. The lowest BCUT2D eigenvalue weighted by atomic mass is 9.67. The second kappa shape index (κ2) is 9.36. The van der Waals surface area contributed by atoms with Crippen LogP contribution in [0, 0.1) is 5.41 Å². The molecule has 2 aliphatic heterocycles. The molecule has 3 aliphatic rings. The first-order chi connectivity index (χ1) is 11.3. The van der Waals surface area contributed by atoms with E-state index in [1.54, 1.807) is 12.4 Å². The minimum Gasteiger partial charge on any atom is -0.353 e. The van der Waals surface area contributed by atoms with Crippen molar-refractivity contribution in [2.75, 3.05) is 44.2 Å². The van der Waals surface area contributed by atoms with Crippen LogP contribution in [0.25, 0.3) is 0 Å². The Morgan fingerprint density at radius 1 is 0.920 bits per heavy atom. The number of aromatic nitrogens is 2. The number of hydrogen-bond donors (Lipinski definition) is 1. The van der Waals surface area contributed by atoms with E-state index in [4.69, 9.17) is 0 Å². The SMILES string of the molecule is Cl.Cl.c1cnc(N2CCN(C3CCC4(CCNCC4)CC3)CC2)cn1. The van der Waals surface area contributed by atoms with E-state index in [1.807, 2.05) is 6.20 Å². The minimum absolute atomic E-state index is 0. The second-order valence-electron chi connectivity index (χ2n) is 7.57. The summed E-state index contributed by atoms with van der Waals surface area (Å²) in [6, 6.07) is 0.819. The molecule has 0 aromatic carbocycles. The van der Waals surface area contributed by atoms with Crippen molar-refractivity contribution in [1.82, 2.24) is 20.2 Å². The van der Waals surface area contributed by atoms with Crippen LogP contribution in [0.4, 0.5) is 5.82 Å². The molecule has 1 N–H and O–H groups in total. The van der Waals surface area contributed by atoms with Gasteiger partial charge < -0.3 is 10.2 Å². The van der Waals surface area contributed by atoms with Gasteiger partial charge in [-0.3, -0.25) is 9.88 Å². The highest BCUT2D eigenvalue weighted by atomic mass is 35.5. The fraction of sp³-hybridized carbons (Fsp3) is 0.778. The molecule has 1 saturated carbocycles. The molecular weight excluding hydrogens is 357 g/mol. The topological polar surface area (TPSA) is 44.3 Å². The molecule has 7 heteroatoms. The van der Waals surface area contributed by atoms with Gasteiger partial charge in [-0.1, -0.05) is 0 Å². The Morgan fingerprint density at radius 2 is 1.60 bits per heavy atom. The van der Waals surface area contributed by atoms with E-state index < -0.39 is 0 Å². The van der Waals surface area contributed by atoms with Crippen molar-refractivity contribution in [2.45, 2.75) is 44.6 Å². The second-order valence-corrected chi connectivity index (χ2v) is 7.57. The number of halogens is 2. The predicted molar refractivity (Wildman–Crippen MR) is 107 cm³/mol. The summed E-state index contributed by atoms with van der Waals surface area (Å²) < 4.78 is 0. The largest absolute Gasteiger partial charge is 0.353 e. The van der Waals surface area contributed by atoms with Crippen molar-refractivity contribution in [1.29, 1.82) is 0 Å². The third-order valence-electron chi connectivity index (χ3n) is 6.38. The molecule has 3 heterocycles. The smallest absolute Gasteiger partial charge is 0.147 e. The summed E-state index contributed by atoms with van der Waals surface area (Å²) in [6.45, 7) is 7.00. The number of piperidine rings is 1. The van der Waals surface area contributed by atoms with E-state index in [9.17, 15) is 0 Å². The highest BCUT2D eigenvalue weighted by Gasteiger charge is 2.38. The Morgan fingerprint density at radius 3 is 2.20 bits per heavy atom. The maximum Gasteiger partial charge on any atom is 0.147 e. The van der Waals surface area contributed by atoms with E-state index in [1.165, 1.54) is 64.7 Å². The van der Waals surface area contributed by atoms with Gasteiger partial charge in [0.05, 0.1) is 6.20 Å². The first-order valence-electron chi connectivity index (χ1n) is 9.30. The average molecular weight is 388 g/mol. The Labute approximate surface area is 163 Å². The Hall–Kier alpha value is -0.620. The third kappa shape index (κ3) is 4.76.